The van der Waals surface area contributed by atoms with Crippen LogP contribution in [0.2, 0.25) is 0 Å². The summed E-state index contributed by atoms with van der Waals surface area (Å²) in [6.07, 6.45) is 4.70. The van der Waals surface area contributed by atoms with Gasteiger partial charge >= 0.3 is 0 Å². The minimum Gasteiger partial charge on any atom is -0.342 e. The van der Waals surface area contributed by atoms with Gasteiger partial charge in [-0.3, -0.25) is 14.4 Å². The molecule has 2 fully saturated rings. The Morgan fingerprint density at radius 2 is 1.55 bits per heavy atom. The summed E-state index contributed by atoms with van der Waals surface area (Å²) in [4.78, 5) is 41.6. The molecule has 3 heterocycles. The van der Waals surface area contributed by atoms with Gasteiger partial charge in [0.05, 0.1) is 0 Å². The Balaban J connectivity index is 1.31. The highest BCUT2D eigenvalue weighted by Gasteiger charge is 2.32. The number of amides is 3. The first kappa shape index (κ1) is 21.4. The lowest BCUT2D eigenvalue weighted by Crippen LogP contribution is -2.45. The van der Waals surface area contributed by atoms with E-state index in [4.69, 9.17) is 0 Å². The number of anilines is 1. The highest BCUT2D eigenvalue weighted by atomic mass is 32.1. The molecule has 0 unspecified atom stereocenters. The average molecular weight is 442 g/mol. The van der Waals surface area contributed by atoms with E-state index in [0.717, 1.165) is 42.8 Å². The monoisotopic (exact) mass is 441 g/mol. The van der Waals surface area contributed by atoms with E-state index in [2.05, 4.69) is 15.5 Å². The van der Waals surface area contributed by atoms with E-state index >= 15 is 0 Å². The Hall–Kier alpha value is -2.81. The summed E-state index contributed by atoms with van der Waals surface area (Å²) in [5, 5.41) is 11.0. The minimum atomic E-state index is -0.383. The largest absolute Gasteiger partial charge is 0.342 e. The van der Waals surface area contributed by atoms with E-state index in [1.165, 1.54) is 6.42 Å². The maximum Gasteiger partial charge on any atom is 0.286 e. The van der Waals surface area contributed by atoms with Crippen LogP contribution in [0, 0.1) is 12.8 Å². The molecule has 2 aliphatic rings. The average Bonchev–Trinajstić information content (AvgIpc) is 3.31. The molecule has 0 spiro atoms. The van der Waals surface area contributed by atoms with Gasteiger partial charge in [-0.05, 0) is 51.2 Å². The lowest BCUT2D eigenvalue weighted by atomic mass is 9.94. The summed E-state index contributed by atoms with van der Waals surface area (Å²) in [5.41, 5.74) is 1.77. The summed E-state index contributed by atoms with van der Waals surface area (Å²) in [5.74, 6) is -0.382. The van der Waals surface area contributed by atoms with Crippen molar-refractivity contribution in [2.75, 3.05) is 31.5 Å². The van der Waals surface area contributed by atoms with Gasteiger partial charge in [0.2, 0.25) is 15.9 Å². The minimum absolute atomic E-state index is 0.00702. The molecule has 1 aromatic carbocycles. The van der Waals surface area contributed by atoms with Crippen LogP contribution in [-0.2, 0) is 4.79 Å². The van der Waals surface area contributed by atoms with Crippen LogP contribution < -0.4 is 5.32 Å². The van der Waals surface area contributed by atoms with Crippen molar-refractivity contribution >= 4 is 34.7 Å². The molecule has 2 saturated heterocycles. The predicted octanol–water partition coefficient (Wildman–Crippen LogP) is 2.96. The van der Waals surface area contributed by atoms with Gasteiger partial charge in [-0.25, -0.2) is 0 Å². The zero-order valence-corrected chi connectivity index (χ0v) is 18.5. The van der Waals surface area contributed by atoms with Gasteiger partial charge in [-0.15, -0.1) is 10.2 Å². The maximum atomic E-state index is 12.8. The maximum absolute atomic E-state index is 12.8. The lowest BCUT2D eigenvalue weighted by molar-refractivity contribution is -0.137. The molecule has 0 saturated carbocycles. The van der Waals surface area contributed by atoms with E-state index in [0.29, 0.717) is 31.6 Å². The molecular formula is C22H27N5O3S. The Morgan fingerprint density at radius 1 is 0.903 bits per heavy atom. The lowest BCUT2D eigenvalue weighted by Gasteiger charge is -2.35. The standard InChI is InChI=1S/C22H27N5O3S/c1-15-5-7-17(8-6-15)23-18(28)19-24-25-20(31-19)22(30)27-13-9-16(10-14-27)21(29)26-11-3-2-4-12-26/h5-8,16H,2-4,9-14H2,1H3,(H,23,28). The Kier molecular flexibility index (Phi) is 6.60. The summed E-state index contributed by atoms with van der Waals surface area (Å²) >= 11 is 0.994. The number of rotatable bonds is 4. The predicted molar refractivity (Wildman–Crippen MR) is 118 cm³/mol. The molecule has 1 aromatic heterocycles. The number of benzene rings is 1. The quantitative estimate of drug-likeness (QED) is 0.787. The second-order valence-electron chi connectivity index (χ2n) is 8.18. The van der Waals surface area contributed by atoms with Gasteiger partial charge < -0.3 is 15.1 Å². The highest BCUT2D eigenvalue weighted by molar-refractivity contribution is 7.15. The van der Waals surface area contributed by atoms with Crippen LogP contribution in [0.4, 0.5) is 5.69 Å². The molecule has 3 amide bonds. The van der Waals surface area contributed by atoms with E-state index in [9.17, 15) is 14.4 Å². The third kappa shape index (κ3) is 5.10. The van der Waals surface area contributed by atoms with E-state index in [1.54, 1.807) is 4.90 Å². The number of piperidine rings is 2. The van der Waals surface area contributed by atoms with E-state index in [1.807, 2.05) is 36.1 Å². The van der Waals surface area contributed by atoms with Crippen LogP contribution in [-0.4, -0.2) is 63.9 Å². The molecule has 9 heteroatoms. The number of hydrogen-bond acceptors (Lipinski definition) is 6. The van der Waals surface area contributed by atoms with Crippen LogP contribution in [0.15, 0.2) is 24.3 Å². The molecule has 164 valence electrons. The molecule has 8 nitrogen and oxygen atoms in total. The zero-order valence-electron chi connectivity index (χ0n) is 17.7. The molecule has 2 aliphatic heterocycles. The number of nitrogens with one attached hydrogen (secondary N) is 1. The number of carbonyl (C=O) groups excluding carboxylic acids is 3. The van der Waals surface area contributed by atoms with Crippen LogP contribution in [0.25, 0.3) is 0 Å². The number of aromatic nitrogens is 2. The Bertz CT molecular complexity index is 944. The SMILES string of the molecule is Cc1ccc(NC(=O)c2nnc(C(=O)N3CCC(C(=O)N4CCCCC4)CC3)s2)cc1. The fraction of sp³-hybridized carbons (Fsp3) is 0.500. The third-order valence-electron chi connectivity index (χ3n) is 5.91. The third-order valence-corrected chi connectivity index (χ3v) is 6.82. The molecule has 4 rings (SSSR count). The Morgan fingerprint density at radius 3 is 2.23 bits per heavy atom. The normalized spacial score (nSPS) is 17.5. The van der Waals surface area contributed by atoms with Gasteiger partial charge in [0.15, 0.2) is 0 Å². The number of likely N-dealkylation sites (tertiary alicyclic amines) is 2. The van der Waals surface area contributed by atoms with Crippen LogP contribution >= 0.6 is 11.3 Å². The number of carbonyl (C=O) groups is 3. The van der Waals surface area contributed by atoms with Gasteiger partial charge in [0, 0.05) is 37.8 Å². The van der Waals surface area contributed by atoms with Gasteiger partial charge in [-0.2, -0.15) is 0 Å². The molecule has 0 bridgehead atoms. The summed E-state index contributed by atoms with van der Waals surface area (Å²) in [7, 11) is 0. The van der Waals surface area contributed by atoms with Crippen molar-refractivity contribution in [1.29, 1.82) is 0 Å². The van der Waals surface area contributed by atoms with Crippen molar-refractivity contribution in [3.63, 3.8) is 0 Å². The molecule has 1 N–H and O–H groups in total. The van der Waals surface area contributed by atoms with Crippen molar-refractivity contribution in [2.45, 2.75) is 39.0 Å². The summed E-state index contributed by atoms with van der Waals surface area (Å²) < 4.78 is 0. The molecule has 2 aromatic rings. The molecule has 31 heavy (non-hydrogen) atoms. The second kappa shape index (κ2) is 9.55. The van der Waals surface area contributed by atoms with Crippen molar-refractivity contribution in [3.8, 4) is 0 Å². The van der Waals surface area contributed by atoms with Crippen LogP contribution in [0.1, 0.15) is 57.3 Å². The van der Waals surface area contributed by atoms with Gasteiger partial charge in [-0.1, -0.05) is 29.0 Å². The van der Waals surface area contributed by atoms with Gasteiger partial charge in [0.1, 0.15) is 0 Å². The number of aryl methyl sites for hydroxylation is 1. The van der Waals surface area contributed by atoms with E-state index in [-0.39, 0.29) is 33.7 Å². The van der Waals surface area contributed by atoms with Crippen molar-refractivity contribution in [3.05, 3.63) is 39.8 Å². The first-order valence-corrected chi connectivity index (χ1v) is 11.6. The highest BCUT2D eigenvalue weighted by Crippen LogP contribution is 2.24. The van der Waals surface area contributed by atoms with Crippen LogP contribution in [0.3, 0.4) is 0 Å². The molecule has 0 aliphatic carbocycles. The first-order valence-electron chi connectivity index (χ1n) is 10.8. The van der Waals surface area contributed by atoms with Gasteiger partial charge in [0.25, 0.3) is 11.8 Å². The molecule has 0 radical (unpaired) electrons. The topological polar surface area (TPSA) is 95.5 Å². The van der Waals surface area contributed by atoms with E-state index < -0.39 is 0 Å². The molecule has 0 atom stereocenters. The number of hydrogen-bond donors (Lipinski definition) is 1. The van der Waals surface area contributed by atoms with Crippen LogP contribution in [0.5, 0.6) is 0 Å². The van der Waals surface area contributed by atoms with Crippen molar-refractivity contribution in [2.24, 2.45) is 5.92 Å². The summed E-state index contributed by atoms with van der Waals surface area (Å²) in [6, 6.07) is 7.44. The number of nitrogens with zero attached hydrogens (tertiary/aromatic N) is 4. The fourth-order valence-electron chi connectivity index (χ4n) is 4.06. The smallest absolute Gasteiger partial charge is 0.286 e. The van der Waals surface area contributed by atoms with Crippen molar-refractivity contribution in [1.82, 2.24) is 20.0 Å². The van der Waals surface area contributed by atoms with Crippen molar-refractivity contribution < 1.29 is 14.4 Å². The second-order valence-corrected chi connectivity index (χ2v) is 9.16. The fourth-order valence-corrected chi connectivity index (χ4v) is 4.77. The molecular weight excluding hydrogens is 414 g/mol. The zero-order chi connectivity index (χ0) is 21.8. The first-order chi connectivity index (χ1) is 15.0. The summed E-state index contributed by atoms with van der Waals surface area (Å²) in [6.45, 7) is 4.73. The Labute approximate surface area is 185 Å².